The molecule has 4 heteroatoms. The van der Waals surface area contributed by atoms with Gasteiger partial charge in [0.15, 0.2) is 0 Å². The van der Waals surface area contributed by atoms with E-state index in [1.807, 2.05) is 40.9 Å². The quantitative estimate of drug-likeness (QED) is 0.596. The van der Waals surface area contributed by atoms with Crippen LogP contribution in [0.4, 0.5) is 0 Å². The normalized spacial score (nSPS) is 10.7. The Labute approximate surface area is 86.2 Å². The van der Waals surface area contributed by atoms with E-state index in [-0.39, 0.29) is 0 Å². The zero-order valence-corrected chi connectivity index (χ0v) is 7.91. The highest BCUT2D eigenvalue weighted by Crippen LogP contribution is 2.17. The van der Waals surface area contributed by atoms with Crippen molar-refractivity contribution in [2.24, 2.45) is 0 Å². The lowest BCUT2D eigenvalue weighted by molar-refractivity contribution is 1.10. The molecule has 3 rings (SSSR count). The minimum Gasteiger partial charge on any atom is -0.272 e. The summed E-state index contributed by atoms with van der Waals surface area (Å²) in [5.74, 6) is 0.620. The van der Waals surface area contributed by atoms with E-state index in [0.717, 1.165) is 11.1 Å². The van der Waals surface area contributed by atoms with Crippen LogP contribution in [0, 0.1) is 0 Å². The van der Waals surface area contributed by atoms with E-state index in [1.165, 1.54) is 0 Å². The van der Waals surface area contributed by atoms with Gasteiger partial charge in [-0.2, -0.15) is 0 Å². The summed E-state index contributed by atoms with van der Waals surface area (Å²) >= 11 is 0. The van der Waals surface area contributed by atoms with Crippen LogP contribution in [0.25, 0.3) is 16.9 Å². The zero-order valence-electron chi connectivity index (χ0n) is 7.91. The Hall–Kier alpha value is -2.23. The second-order valence-corrected chi connectivity index (χ2v) is 3.25. The van der Waals surface area contributed by atoms with Gasteiger partial charge in [0.2, 0.25) is 0 Å². The fourth-order valence-corrected chi connectivity index (χ4v) is 1.51. The van der Waals surface area contributed by atoms with Crippen LogP contribution in [0.15, 0.2) is 49.1 Å². The number of hydrogen-bond acceptors (Lipinski definition) is 3. The van der Waals surface area contributed by atoms with Gasteiger partial charge in [0.05, 0.1) is 0 Å². The Morgan fingerprint density at radius 1 is 1.00 bits per heavy atom. The van der Waals surface area contributed by atoms with Crippen LogP contribution in [0.3, 0.4) is 0 Å². The number of nitrogens with zero attached hydrogens (tertiary/aromatic N) is 4. The van der Waals surface area contributed by atoms with Crippen LogP contribution in [-0.4, -0.2) is 19.6 Å². The molecule has 0 bridgehead atoms. The predicted molar refractivity (Wildman–Crippen MR) is 56.2 cm³/mol. The fraction of sp³-hybridized carbons (Fsp3) is 0. The third-order valence-corrected chi connectivity index (χ3v) is 2.26. The molecule has 0 saturated carbocycles. The first-order valence-electron chi connectivity index (χ1n) is 4.64. The molecule has 0 N–H and O–H groups in total. The van der Waals surface area contributed by atoms with Crippen LogP contribution in [0.5, 0.6) is 0 Å². The summed E-state index contributed by atoms with van der Waals surface area (Å²) in [5, 5.41) is 7.64. The van der Waals surface area contributed by atoms with Crippen molar-refractivity contribution in [3.63, 3.8) is 0 Å². The van der Waals surface area contributed by atoms with Gasteiger partial charge in [0.25, 0.3) is 5.78 Å². The lowest BCUT2D eigenvalue weighted by atomic mass is 10.1. The Kier molecular flexibility index (Phi) is 1.71. The molecule has 0 spiro atoms. The van der Waals surface area contributed by atoms with Gasteiger partial charge in [0.1, 0.15) is 6.33 Å². The van der Waals surface area contributed by atoms with Crippen molar-refractivity contribution in [2.75, 3.05) is 0 Å². The van der Waals surface area contributed by atoms with Gasteiger partial charge in [-0.25, -0.2) is 4.98 Å². The molecule has 0 atom stereocenters. The van der Waals surface area contributed by atoms with E-state index in [1.54, 1.807) is 12.5 Å². The fourth-order valence-electron chi connectivity index (χ4n) is 1.51. The standard InChI is InChI=1S/C11H8N4/c1-2-4-9(5-3-1)10-6-12-11-14-13-8-15(11)7-10/h1-8H. The van der Waals surface area contributed by atoms with Gasteiger partial charge >= 0.3 is 0 Å². The molecular formula is C11H8N4. The van der Waals surface area contributed by atoms with Crippen molar-refractivity contribution >= 4 is 5.78 Å². The Bertz CT molecular complexity index is 586. The Morgan fingerprint density at radius 2 is 1.87 bits per heavy atom. The van der Waals surface area contributed by atoms with Crippen molar-refractivity contribution in [1.82, 2.24) is 19.6 Å². The minimum absolute atomic E-state index is 0.620. The van der Waals surface area contributed by atoms with Crippen molar-refractivity contribution in [1.29, 1.82) is 0 Å². The predicted octanol–water partition coefficient (Wildman–Crippen LogP) is 1.79. The molecule has 0 saturated heterocycles. The van der Waals surface area contributed by atoms with E-state index in [0.29, 0.717) is 5.78 Å². The van der Waals surface area contributed by atoms with Crippen LogP contribution in [0.1, 0.15) is 0 Å². The summed E-state index contributed by atoms with van der Waals surface area (Å²) in [5.41, 5.74) is 2.20. The lowest BCUT2D eigenvalue weighted by Crippen LogP contribution is -1.88. The van der Waals surface area contributed by atoms with Gasteiger partial charge in [-0.3, -0.25) is 4.40 Å². The molecule has 3 aromatic rings. The third kappa shape index (κ3) is 1.36. The van der Waals surface area contributed by atoms with Gasteiger partial charge in [-0.05, 0) is 5.56 Å². The Balaban J connectivity index is 2.19. The van der Waals surface area contributed by atoms with E-state index in [4.69, 9.17) is 0 Å². The molecule has 0 fully saturated rings. The van der Waals surface area contributed by atoms with E-state index >= 15 is 0 Å². The highest BCUT2D eigenvalue weighted by atomic mass is 15.3. The van der Waals surface area contributed by atoms with Gasteiger partial charge in [-0.15, -0.1) is 10.2 Å². The van der Waals surface area contributed by atoms with Crippen molar-refractivity contribution in [2.45, 2.75) is 0 Å². The van der Waals surface area contributed by atoms with Crippen LogP contribution >= 0.6 is 0 Å². The molecule has 0 unspecified atom stereocenters. The largest absolute Gasteiger partial charge is 0.272 e. The van der Waals surface area contributed by atoms with Crippen LogP contribution in [-0.2, 0) is 0 Å². The lowest BCUT2D eigenvalue weighted by Gasteiger charge is -2.00. The molecule has 2 heterocycles. The molecule has 1 aromatic carbocycles. The number of fused-ring (bicyclic) bond motifs is 1. The highest BCUT2D eigenvalue weighted by molar-refractivity contribution is 5.62. The zero-order chi connectivity index (χ0) is 10.1. The Morgan fingerprint density at radius 3 is 2.73 bits per heavy atom. The first-order chi connectivity index (χ1) is 7.43. The van der Waals surface area contributed by atoms with E-state index in [2.05, 4.69) is 15.2 Å². The molecule has 0 aliphatic carbocycles. The second kappa shape index (κ2) is 3.16. The molecule has 0 aliphatic rings. The average molecular weight is 196 g/mol. The van der Waals surface area contributed by atoms with E-state index in [9.17, 15) is 0 Å². The number of aromatic nitrogens is 4. The van der Waals surface area contributed by atoms with E-state index < -0.39 is 0 Å². The van der Waals surface area contributed by atoms with Gasteiger partial charge in [0, 0.05) is 18.0 Å². The highest BCUT2D eigenvalue weighted by Gasteiger charge is 2.00. The number of rotatable bonds is 1. The maximum absolute atomic E-state index is 4.21. The van der Waals surface area contributed by atoms with Crippen molar-refractivity contribution in [3.8, 4) is 11.1 Å². The smallest absolute Gasteiger partial charge is 0.254 e. The average Bonchev–Trinajstić information content (AvgIpc) is 2.77. The van der Waals surface area contributed by atoms with Crippen molar-refractivity contribution in [3.05, 3.63) is 49.1 Å². The van der Waals surface area contributed by atoms with Gasteiger partial charge < -0.3 is 0 Å². The topological polar surface area (TPSA) is 43.1 Å². The minimum atomic E-state index is 0.620. The number of hydrogen-bond donors (Lipinski definition) is 0. The van der Waals surface area contributed by atoms with Crippen LogP contribution < -0.4 is 0 Å². The molecule has 0 aliphatic heterocycles. The summed E-state index contributed by atoms with van der Waals surface area (Å²) in [6.45, 7) is 0. The maximum Gasteiger partial charge on any atom is 0.254 e. The molecule has 72 valence electrons. The maximum atomic E-state index is 4.21. The summed E-state index contributed by atoms with van der Waals surface area (Å²) < 4.78 is 1.81. The first-order valence-corrected chi connectivity index (χ1v) is 4.64. The monoisotopic (exact) mass is 196 g/mol. The molecular weight excluding hydrogens is 188 g/mol. The summed E-state index contributed by atoms with van der Waals surface area (Å²) in [6, 6.07) is 10.1. The molecule has 15 heavy (non-hydrogen) atoms. The van der Waals surface area contributed by atoms with Gasteiger partial charge in [-0.1, -0.05) is 30.3 Å². The summed E-state index contributed by atoms with van der Waals surface area (Å²) in [6.07, 6.45) is 5.42. The summed E-state index contributed by atoms with van der Waals surface area (Å²) in [4.78, 5) is 4.21. The second-order valence-electron chi connectivity index (χ2n) is 3.25. The van der Waals surface area contributed by atoms with Crippen LogP contribution in [0.2, 0.25) is 0 Å². The molecule has 2 aromatic heterocycles. The molecule has 4 nitrogen and oxygen atoms in total. The number of benzene rings is 1. The third-order valence-electron chi connectivity index (χ3n) is 2.26. The SMILES string of the molecule is c1ccc(-c2cnc3nncn3c2)cc1. The summed E-state index contributed by atoms with van der Waals surface area (Å²) in [7, 11) is 0. The first kappa shape index (κ1) is 8.11. The molecule has 0 radical (unpaired) electrons. The van der Waals surface area contributed by atoms with Crippen molar-refractivity contribution < 1.29 is 0 Å². The molecule has 0 amide bonds.